The average molecular weight is 474 g/mol. The second-order valence-electron chi connectivity index (χ2n) is 8.57. The molecular formula is C24H31N3O5S. The van der Waals surface area contributed by atoms with E-state index in [4.69, 9.17) is 14.3 Å². The summed E-state index contributed by atoms with van der Waals surface area (Å²) < 4.78 is 11.8. The zero-order valence-corrected chi connectivity index (χ0v) is 20.5. The molecule has 9 heteroatoms. The van der Waals surface area contributed by atoms with Crippen molar-refractivity contribution >= 4 is 17.2 Å². The standard InChI is InChI=1S/C24H31N3O5S/c1-13(2)6-17-9-20(33-16(17)5)24-27-26-23(32-24)18-7-14(3)22(15(4)8-18)31-12-19(29)10-25-21(30)11-28/h7-9,13,19,28-29H,6,10-12H2,1-5H3,(H,25,30). The Morgan fingerprint density at radius 3 is 2.45 bits per heavy atom. The highest BCUT2D eigenvalue weighted by molar-refractivity contribution is 7.15. The third-order valence-electron chi connectivity index (χ3n) is 5.09. The van der Waals surface area contributed by atoms with E-state index in [1.165, 1.54) is 10.4 Å². The summed E-state index contributed by atoms with van der Waals surface area (Å²) in [5.74, 6) is 1.64. The molecule has 0 saturated heterocycles. The Hall–Kier alpha value is -2.75. The average Bonchev–Trinajstić information content (AvgIpc) is 3.38. The number of thiophene rings is 1. The molecule has 8 nitrogen and oxygen atoms in total. The first-order chi connectivity index (χ1) is 15.7. The normalized spacial score (nSPS) is 12.2. The number of aromatic nitrogens is 2. The number of nitrogens with zero attached hydrogens (tertiary/aromatic N) is 2. The van der Waals surface area contributed by atoms with Gasteiger partial charge >= 0.3 is 0 Å². The van der Waals surface area contributed by atoms with Crippen LogP contribution >= 0.6 is 11.3 Å². The van der Waals surface area contributed by atoms with Crippen LogP contribution in [0.25, 0.3) is 22.2 Å². The highest BCUT2D eigenvalue weighted by Gasteiger charge is 2.17. The molecule has 0 radical (unpaired) electrons. The molecule has 0 fully saturated rings. The molecule has 0 aliphatic rings. The first-order valence-electron chi connectivity index (χ1n) is 10.9. The number of amides is 1. The molecule has 0 spiro atoms. The minimum absolute atomic E-state index is 0.00140. The van der Waals surface area contributed by atoms with Gasteiger partial charge in [0.25, 0.3) is 5.89 Å². The van der Waals surface area contributed by atoms with Crippen molar-refractivity contribution in [1.82, 2.24) is 15.5 Å². The van der Waals surface area contributed by atoms with Gasteiger partial charge in [-0.15, -0.1) is 21.5 Å². The van der Waals surface area contributed by atoms with Gasteiger partial charge in [-0.25, -0.2) is 0 Å². The largest absolute Gasteiger partial charge is 0.490 e. The number of aryl methyl sites for hydroxylation is 3. The SMILES string of the molecule is Cc1cc(-c2nnc(-c3cc(CC(C)C)c(C)s3)o2)cc(C)c1OCC(O)CNC(=O)CO. The van der Waals surface area contributed by atoms with Gasteiger partial charge in [0.05, 0.1) is 4.88 Å². The van der Waals surface area contributed by atoms with Gasteiger partial charge in [0.2, 0.25) is 11.8 Å². The van der Waals surface area contributed by atoms with Crippen LogP contribution in [0.15, 0.2) is 22.6 Å². The van der Waals surface area contributed by atoms with Crippen LogP contribution in [0.2, 0.25) is 0 Å². The zero-order chi connectivity index (χ0) is 24.1. The molecule has 1 aromatic carbocycles. The van der Waals surface area contributed by atoms with Gasteiger partial charge in [0.15, 0.2) is 0 Å². The second-order valence-corrected chi connectivity index (χ2v) is 9.82. The number of ether oxygens (including phenoxy) is 1. The van der Waals surface area contributed by atoms with Crippen molar-refractivity contribution in [1.29, 1.82) is 0 Å². The lowest BCUT2D eigenvalue weighted by Crippen LogP contribution is -2.36. The number of hydrogen-bond acceptors (Lipinski definition) is 8. The molecule has 0 aliphatic carbocycles. The molecule has 2 aromatic heterocycles. The van der Waals surface area contributed by atoms with Crippen molar-refractivity contribution in [3.05, 3.63) is 39.8 Å². The maximum atomic E-state index is 11.1. The van der Waals surface area contributed by atoms with E-state index in [2.05, 4.69) is 42.4 Å². The van der Waals surface area contributed by atoms with Crippen LogP contribution in [0, 0.1) is 26.7 Å². The Balaban J connectivity index is 1.71. The molecular weight excluding hydrogens is 442 g/mol. The molecule has 2 heterocycles. The quantitative estimate of drug-likeness (QED) is 0.413. The zero-order valence-electron chi connectivity index (χ0n) is 19.6. The van der Waals surface area contributed by atoms with Crippen molar-refractivity contribution in [2.24, 2.45) is 5.92 Å². The Kier molecular flexibility index (Phi) is 8.23. The second kappa shape index (κ2) is 10.9. The van der Waals surface area contributed by atoms with Gasteiger partial charge in [-0.05, 0) is 68.0 Å². The number of carbonyl (C=O) groups is 1. The summed E-state index contributed by atoms with van der Waals surface area (Å²) in [6.45, 7) is 9.73. The molecule has 1 atom stereocenters. The fraction of sp³-hybridized carbons (Fsp3) is 0.458. The van der Waals surface area contributed by atoms with Crippen LogP contribution in [0.1, 0.15) is 35.4 Å². The summed E-state index contributed by atoms with van der Waals surface area (Å²) in [6, 6.07) is 5.95. The van der Waals surface area contributed by atoms with Crippen molar-refractivity contribution < 1.29 is 24.2 Å². The highest BCUT2D eigenvalue weighted by Crippen LogP contribution is 2.34. The van der Waals surface area contributed by atoms with Crippen LogP contribution in [-0.4, -0.2) is 52.2 Å². The van der Waals surface area contributed by atoms with Gasteiger partial charge in [-0.3, -0.25) is 4.79 Å². The smallest absolute Gasteiger partial charge is 0.258 e. The first-order valence-corrected chi connectivity index (χ1v) is 11.7. The first kappa shape index (κ1) is 24.9. The lowest BCUT2D eigenvalue weighted by molar-refractivity contribution is -0.124. The number of nitrogens with one attached hydrogen (secondary N) is 1. The molecule has 0 saturated carbocycles. The minimum Gasteiger partial charge on any atom is -0.490 e. The number of rotatable bonds is 10. The Labute approximate surface area is 197 Å². The number of benzene rings is 1. The van der Waals surface area contributed by atoms with Gasteiger partial charge in [0, 0.05) is 17.0 Å². The van der Waals surface area contributed by atoms with Crippen molar-refractivity contribution in [2.75, 3.05) is 19.8 Å². The molecule has 1 unspecified atom stereocenters. The van der Waals surface area contributed by atoms with Crippen LogP contribution < -0.4 is 10.1 Å². The van der Waals surface area contributed by atoms with Gasteiger partial charge in [-0.2, -0.15) is 0 Å². The predicted octanol–water partition coefficient (Wildman–Crippen LogP) is 3.44. The van der Waals surface area contributed by atoms with Crippen molar-refractivity contribution in [2.45, 2.75) is 47.1 Å². The Morgan fingerprint density at radius 2 is 1.82 bits per heavy atom. The summed E-state index contributed by atoms with van der Waals surface area (Å²) >= 11 is 1.66. The maximum Gasteiger partial charge on any atom is 0.258 e. The summed E-state index contributed by atoms with van der Waals surface area (Å²) in [4.78, 5) is 13.3. The van der Waals surface area contributed by atoms with E-state index in [0.29, 0.717) is 23.4 Å². The topological polar surface area (TPSA) is 118 Å². The van der Waals surface area contributed by atoms with E-state index in [-0.39, 0.29) is 13.2 Å². The number of carbonyl (C=O) groups excluding carboxylic acids is 1. The third kappa shape index (κ3) is 6.40. The van der Waals surface area contributed by atoms with Crippen LogP contribution in [0.4, 0.5) is 0 Å². The van der Waals surface area contributed by atoms with Gasteiger partial charge in [0.1, 0.15) is 25.1 Å². The summed E-state index contributed by atoms with van der Waals surface area (Å²) in [5.41, 5.74) is 3.84. The lowest BCUT2D eigenvalue weighted by atomic mass is 10.0. The lowest BCUT2D eigenvalue weighted by Gasteiger charge is -2.16. The number of aliphatic hydroxyl groups excluding tert-OH is 2. The minimum atomic E-state index is -0.896. The molecule has 3 N–H and O–H groups in total. The van der Waals surface area contributed by atoms with Gasteiger partial charge < -0.3 is 24.7 Å². The maximum absolute atomic E-state index is 11.1. The van der Waals surface area contributed by atoms with E-state index in [1.54, 1.807) is 11.3 Å². The summed E-state index contributed by atoms with van der Waals surface area (Å²) in [7, 11) is 0. The molecule has 1 amide bonds. The number of aliphatic hydroxyl groups is 2. The Bertz CT molecular complexity index is 1080. The molecule has 178 valence electrons. The van der Waals surface area contributed by atoms with E-state index in [0.717, 1.165) is 28.0 Å². The van der Waals surface area contributed by atoms with E-state index in [9.17, 15) is 9.90 Å². The van der Waals surface area contributed by atoms with Crippen LogP contribution in [-0.2, 0) is 11.2 Å². The van der Waals surface area contributed by atoms with E-state index < -0.39 is 18.6 Å². The molecule has 33 heavy (non-hydrogen) atoms. The molecule has 3 aromatic rings. The van der Waals surface area contributed by atoms with E-state index >= 15 is 0 Å². The molecule has 0 bridgehead atoms. The van der Waals surface area contributed by atoms with Crippen LogP contribution in [0.3, 0.4) is 0 Å². The fourth-order valence-corrected chi connectivity index (χ4v) is 4.51. The number of hydrogen-bond donors (Lipinski definition) is 3. The third-order valence-corrected chi connectivity index (χ3v) is 6.17. The van der Waals surface area contributed by atoms with Crippen molar-refractivity contribution in [3.8, 4) is 28.0 Å². The van der Waals surface area contributed by atoms with Crippen LogP contribution in [0.5, 0.6) is 5.75 Å². The Morgan fingerprint density at radius 1 is 1.15 bits per heavy atom. The predicted molar refractivity (Wildman–Crippen MR) is 127 cm³/mol. The fourth-order valence-electron chi connectivity index (χ4n) is 3.53. The summed E-state index contributed by atoms with van der Waals surface area (Å²) in [5, 5.41) is 29.6. The van der Waals surface area contributed by atoms with Crippen molar-refractivity contribution in [3.63, 3.8) is 0 Å². The van der Waals surface area contributed by atoms with Gasteiger partial charge in [-0.1, -0.05) is 13.8 Å². The molecule has 3 rings (SSSR count). The van der Waals surface area contributed by atoms with E-state index in [1.807, 2.05) is 26.0 Å². The highest BCUT2D eigenvalue weighted by atomic mass is 32.1. The monoisotopic (exact) mass is 473 g/mol. The summed E-state index contributed by atoms with van der Waals surface area (Å²) in [6.07, 6.45) is 0.124. The molecule has 0 aliphatic heterocycles.